The van der Waals surface area contributed by atoms with Crippen LogP contribution in [-0.4, -0.2) is 28.0 Å². The number of furan rings is 1. The molecule has 21 heavy (non-hydrogen) atoms. The Balaban J connectivity index is 1.92. The Morgan fingerprint density at radius 3 is 3.00 bits per heavy atom. The van der Waals surface area contributed by atoms with E-state index >= 15 is 0 Å². The van der Waals surface area contributed by atoms with Crippen LogP contribution >= 0.6 is 23.4 Å². The van der Waals surface area contributed by atoms with E-state index in [1.54, 1.807) is 49.8 Å². The Labute approximate surface area is 130 Å². The largest absolute Gasteiger partial charge is 0.465 e. The summed E-state index contributed by atoms with van der Waals surface area (Å²) in [7, 11) is 1.67. The van der Waals surface area contributed by atoms with Gasteiger partial charge in [-0.25, -0.2) is 9.98 Å². The van der Waals surface area contributed by atoms with Gasteiger partial charge in [-0.3, -0.25) is 9.69 Å². The van der Waals surface area contributed by atoms with E-state index in [0.717, 1.165) is 0 Å². The lowest BCUT2D eigenvalue weighted by molar-refractivity contribution is -0.121. The number of pyridine rings is 1. The molecule has 0 atom stereocenters. The van der Waals surface area contributed by atoms with Crippen LogP contribution in [0.25, 0.3) is 6.08 Å². The highest BCUT2D eigenvalue weighted by Crippen LogP contribution is 2.34. The molecule has 7 heteroatoms. The number of rotatable bonds is 2. The van der Waals surface area contributed by atoms with Crippen molar-refractivity contribution in [2.75, 3.05) is 7.05 Å². The summed E-state index contributed by atoms with van der Waals surface area (Å²) < 4.78 is 5.22. The van der Waals surface area contributed by atoms with Crippen LogP contribution in [0.4, 0.5) is 5.69 Å². The first-order valence-electron chi connectivity index (χ1n) is 6.05. The van der Waals surface area contributed by atoms with Crippen molar-refractivity contribution in [3.63, 3.8) is 0 Å². The van der Waals surface area contributed by atoms with Crippen LogP contribution in [0, 0.1) is 0 Å². The average molecular weight is 320 g/mol. The summed E-state index contributed by atoms with van der Waals surface area (Å²) >= 11 is 7.25. The molecular formula is C14H10ClN3O2S. The zero-order chi connectivity index (χ0) is 14.8. The molecule has 1 amide bonds. The molecule has 3 rings (SSSR count). The molecule has 2 aromatic rings. The van der Waals surface area contributed by atoms with Crippen molar-refractivity contribution >= 4 is 46.2 Å². The molecule has 1 aliphatic rings. The molecular weight excluding hydrogens is 310 g/mol. The zero-order valence-corrected chi connectivity index (χ0v) is 12.6. The second-order valence-corrected chi connectivity index (χ2v) is 5.57. The number of amides is 1. The summed E-state index contributed by atoms with van der Waals surface area (Å²) in [5.41, 5.74) is 0.528. The van der Waals surface area contributed by atoms with Crippen molar-refractivity contribution in [2.24, 2.45) is 4.99 Å². The minimum absolute atomic E-state index is 0.129. The summed E-state index contributed by atoms with van der Waals surface area (Å²) in [6.07, 6.45) is 4.84. The van der Waals surface area contributed by atoms with Gasteiger partial charge in [-0.05, 0) is 36.0 Å². The van der Waals surface area contributed by atoms with Crippen LogP contribution in [0.3, 0.4) is 0 Å². The van der Waals surface area contributed by atoms with E-state index in [1.165, 1.54) is 16.7 Å². The number of hydrogen-bond donors (Lipinski definition) is 0. The lowest BCUT2D eigenvalue weighted by atomic mass is 10.4. The van der Waals surface area contributed by atoms with Gasteiger partial charge < -0.3 is 4.42 Å². The SMILES string of the molecule is CN1C(=O)/C(=C\c2ccco2)SC1=Nc1cccnc1Cl. The quantitative estimate of drug-likeness (QED) is 0.627. The lowest BCUT2D eigenvalue weighted by Gasteiger charge is -2.07. The normalized spacial score (nSPS) is 19.0. The van der Waals surface area contributed by atoms with E-state index in [4.69, 9.17) is 16.0 Å². The maximum absolute atomic E-state index is 12.2. The predicted molar refractivity (Wildman–Crippen MR) is 83.4 cm³/mol. The summed E-state index contributed by atoms with van der Waals surface area (Å²) in [5, 5.41) is 0.850. The molecule has 0 saturated carbocycles. The van der Waals surface area contributed by atoms with E-state index in [-0.39, 0.29) is 5.91 Å². The van der Waals surface area contributed by atoms with Crippen molar-refractivity contribution in [1.29, 1.82) is 0 Å². The molecule has 1 fully saturated rings. The molecule has 0 N–H and O–H groups in total. The Kier molecular flexibility index (Phi) is 3.81. The predicted octanol–water partition coefficient (Wildman–Crippen LogP) is 3.56. The van der Waals surface area contributed by atoms with Crippen molar-refractivity contribution in [3.05, 3.63) is 52.5 Å². The number of aromatic nitrogens is 1. The first kappa shape index (κ1) is 13.9. The van der Waals surface area contributed by atoms with Gasteiger partial charge in [0.2, 0.25) is 0 Å². The molecule has 2 aromatic heterocycles. The minimum Gasteiger partial charge on any atom is -0.465 e. The van der Waals surface area contributed by atoms with Crippen molar-refractivity contribution in [3.8, 4) is 0 Å². The Bertz CT molecular complexity index is 740. The molecule has 0 aromatic carbocycles. The maximum Gasteiger partial charge on any atom is 0.266 e. The number of carbonyl (C=O) groups is 1. The van der Waals surface area contributed by atoms with Crippen LogP contribution in [0.1, 0.15) is 5.76 Å². The van der Waals surface area contributed by atoms with Gasteiger partial charge in [0.25, 0.3) is 5.91 Å². The molecule has 0 bridgehead atoms. The number of aliphatic imine (C=N–C) groups is 1. The fraction of sp³-hybridized carbons (Fsp3) is 0.0714. The highest BCUT2D eigenvalue weighted by molar-refractivity contribution is 8.18. The van der Waals surface area contributed by atoms with Gasteiger partial charge in [0, 0.05) is 19.3 Å². The van der Waals surface area contributed by atoms with E-state index < -0.39 is 0 Å². The minimum atomic E-state index is -0.129. The van der Waals surface area contributed by atoms with E-state index in [0.29, 0.717) is 26.7 Å². The maximum atomic E-state index is 12.2. The van der Waals surface area contributed by atoms with Gasteiger partial charge in [0.1, 0.15) is 11.4 Å². The van der Waals surface area contributed by atoms with E-state index in [1.807, 2.05) is 0 Å². The van der Waals surface area contributed by atoms with Gasteiger partial charge in [-0.1, -0.05) is 11.6 Å². The molecule has 0 radical (unpaired) electrons. The van der Waals surface area contributed by atoms with Gasteiger partial charge in [0.05, 0.1) is 11.2 Å². The monoisotopic (exact) mass is 319 g/mol. The molecule has 5 nitrogen and oxygen atoms in total. The van der Waals surface area contributed by atoms with Crippen LogP contribution < -0.4 is 0 Å². The lowest BCUT2D eigenvalue weighted by Crippen LogP contribution is -2.23. The van der Waals surface area contributed by atoms with E-state index in [2.05, 4.69) is 9.98 Å². The Morgan fingerprint density at radius 1 is 1.43 bits per heavy atom. The number of carbonyl (C=O) groups excluding carboxylic acids is 1. The second-order valence-electron chi connectivity index (χ2n) is 4.20. The van der Waals surface area contributed by atoms with Crippen molar-refractivity contribution in [1.82, 2.24) is 9.88 Å². The molecule has 106 valence electrons. The van der Waals surface area contributed by atoms with Gasteiger partial charge in [0.15, 0.2) is 10.3 Å². The van der Waals surface area contributed by atoms with Crippen LogP contribution in [0.2, 0.25) is 5.15 Å². The highest BCUT2D eigenvalue weighted by Gasteiger charge is 2.30. The second kappa shape index (κ2) is 5.75. The van der Waals surface area contributed by atoms with Gasteiger partial charge in [-0.2, -0.15) is 0 Å². The fourth-order valence-electron chi connectivity index (χ4n) is 1.72. The summed E-state index contributed by atoms with van der Waals surface area (Å²) in [4.78, 5) is 22.6. The molecule has 1 saturated heterocycles. The number of nitrogens with zero attached hydrogens (tertiary/aromatic N) is 3. The van der Waals surface area contributed by atoms with Gasteiger partial charge in [-0.15, -0.1) is 0 Å². The van der Waals surface area contributed by atoms with Crippen molar-refractivity contribution in [2.45, 2.75) is 0 Å². The van der Waals surface area contributed by atoms with E-state index in [9.17, 15) is 4.79 Å². The molecule has 0 spiro atoms. The third kappa shape index (κ3) is 2.86. The van der Waals surface area contributed by atoms with Gasteiger partial charge >= 0.3 is 0 Å². The highest BCUT2D eigenvalue weighted by atomic mass is 35.5. The summed E-state index contributed by atoms with van der Waals surface area (Å²) in [6.45, 7) is 0. The molecule has 0 aliphatic carbocycles. The molecule has 3 heterocycles. The summed E-state index contributed by atoms with van der Waals surface area (Å²) in [6, 6.07) is 7.04. The van der Waals surface area contributed by atoms with Crippen LogP contribution in [0.5, 0.6) is 0 Å². The fourth-order valence-corrected chi connectivity index (χ4v) is 2.84. The first-order valence-corrected chi connectivity index (χ1v) is 7.25. The Morgan fingerprint density at radius 2 is 2.29 bits per heavy atom. The standard InChI is InChI=1S/C14H10ClN3O2S/c1-18-13(19)11(8-9-4-3-7-20-9)21-14(18)17-10-5-2-6-16-12(10)15/h2-8H,1H3/b11-8+,17-14?. The smallest absolute Gasteiger partial charge is 0.266 e. The van der Waals surface area contributed by atoms with Crippen LogP contribution in [0.15, 0.2) is 51.0 Å². The summed E-state index contributed by atoms with van der Waals surface area (Å²) in [5.74, 6) is 0.495. The topological polar surface area (TPSA) is 58.7 Å². The number of likely N-dealkylation sites (N-methyl/N-ethyl adjacent to an activating group) is 1. The first-order chi connectivity index (χ1) is 10.1. The Hall–Kier alpha value is -2.05. The average Bonchev–Trinajstić information content (AvgIpc) is 3.07. The third-order valence-electron chi connectivity index (χ3n) is 2.78. The third-order valence-corrected chi connectivity index (χ3v) is 4.13. The number of halogens is 1. The van der Waals surface area contributed by atoms with Crippen LogP contribution in [-0.2, 0) is 4.79 Å². The number of amidine groups is 1. The number of hydrogen-bond acceptors (Lipinski definition) is 5. The van der Waals surface area contributed by atoms with Crippen molar-refractivity contribution < 1.29 is 9.21 Å². The zero-order valence-electron chi connectivity index (χ0n) is 11.0. The molecule has 0 unspecified atom stereocenters. The molecule has 1 aliphatic heterocycles. The number of thioether (sulfide) groups is 1.